The van der Waals surface area contributed by atoms with Crippen LogP contribution in [0.25, 0.3) is 10.9 Å². The van der Waals surface area contributed by atoms with Crippen LogP contribution in [0.15, 0.2) is 36.4 Å². The van der Waals surface area contributed by atoms with Gasteiger partial charge in [-0.3, -0.25) is 9.59 Å². The fraction of sp³-hybridized carbons (Fsp3) is 0.333. The molecule has 8 nitrogen and oxygen atoms in total. The molecule has 1 aromatic heterocycles. The van der Waals surface area contributed by atoms with Gasteiger partial charge < -0.3 is 29.0 Å². The van der Waals surface area contributed by atoms with Gasteiger partial charge >= 0.3 is 0 Å². The molecule has 2 heterocycles. The average molecular weight is 437 g/mol. The highest BCUT2D eigenvalue weighted by molar-refractivity contribution is 6.14. The Morgan fingerprint density at radius 1 is 1.03 bits per heavy atom. The summed E-state index contributed by atoms with van der Waals surface area (Å²) in [4.78, 5) is 27.8. The molecule has 1 aliphatic heterocycles. The first-order valence-electron chi connectivity index (χ1n) is 10.4. The number of nitrogens with zero attached hydrogens (tertiary/aromatic N) is 2. The molecule has 1 N–H and O–H groups in total. The number of amides is 2. The molecule has 2 aromatic carbocycles. The van der Waals surface area contributed by atoms with Crippen molar-refractivity contribution in [3.63, 3.8) is 0 Å². The van der Waals surface area contributed by atoms with Crippen molar-refractivity contribution in [2.75, 3.05) is 32.8 Å². The zero-order chi connectivity index (χ0) is 22.8. The number of nitrogens with one attached hydrogen (secondary N) is 1. The predicted octanol–water partition coefficient (Wildman–Crippen LogP) is 3.26. The highest BCUT2D eigenvalue weighted by atomic mass is 16.5. The molecule has 2 amide bonds. The van der Waals surface area contributed by atoms with E-state index in [1.807, 2.05) is 35.9 Å². The molecule has 0 aliphatic carbocycles. The summed E-state index contributed by atoms with van der Waals surface area (Å²) < 4.78 is 17.9. The maximum Gasteiger partial charge on any atom is 0.270 e. The second-order valence-electron chi connectivity index (χ2n) is 7.65. The van der Waals surface area contributed by atoms with Crippen LogP contribution in [0.5, 0.6) is 17.2 Å². The summed E-state index contributed by atoms with van der Waals surface area (Å²) in [7, 11) is 6.61. The Morgan fingerprint density at radius 2 is 1.75 bits per heavy atom. The quantitative estimate of drug-likeness (QED) is 0.614. The van der Waals surface area contributed by atoms with Crippen LogP contribution in [0.2, 0.25) is 0 Å². The molecule has 168 valence electrons. The fourth-order valence-corrected chi connectivity index (χ4v) is 4.23. The summed E-state index contributed by atoms with van der Waals surface area (Å²) >= 11 is 0. The maximum atomic E-state index is 13.4. The molecule has 1 saturated heterocycles. The summed E-state index contributed by atoms with van der Waals surface area (Å²) in [6, 6.07) is 11.1. The van der Waals surface area contributed by atoms with E-state index in [9.17, 15) is 9.59 Å². The summed E-state index contributed by atoms with van der Waals surface area (Å²) in [5.74, 6) is 1.74. The molecular formula is C24H27N3O5. The molecule has 0 saturated carbocycles. The van der Waals surface area contributed by atoms with E-state index in [0.29, 0.717) is 41.6 Å². The monoisotopic (exact) mass is 437 g/mol. The number of rotatable bonds is 7. The number of fused-ring (bicyclic) bond motifs is 1. The number of methoxy groups -OCH3 is 3. The summed E-state index contributed by atoms with van der Waals surface area (Å²) in [5.41, 5.74) is 2.70. The van der Waals surface area contributed by atoms with Crippen molar-refractivity contribution >= 4 is 28.4 Å². The van der Waals surface area contributed by atoms with Crippen LogP contribution in [0.3, 0.4) is 0 Å². The average Bonchev–Trinajstić information content (AvgIpc) is 3.36. The van der Waals surface area contributed by atoms with E-state index in [1.165, 1.54) is 0 Å². The molecule has 0 bridgehead atoms. The van der Waals surface area contributed by atoms with Crippen LogP contribution in [0, 0.1) is 0 Å². The van der Waals surface area contributed by atoms with E-state index in [2.05, 4.69) is 5.32 Å². The van der Waals surface area contributed by atoms with Gasteiger partial charge in [-0.15, -0.1) is 0 Å². The number of anilines is 1. The number of benzene rings is 2. The van der Waals surface area contributed by atoms with Gasteiger partial charge in [-0.25, -0.2) is 0 Å². The number of hydrogen-bond donors (Lipinski definition) is 1. The van der Waals surface area contributed by atoms with Crippen LogP contribution >= 0.6 is 0 Å². The first-order chi connectivity index (χ1) is 15.5. The molecule has 1 aliphatic rings. The van der Waals surface area contributed by atoms with E-state index < -0.39 is 0 Å². The zero-order valence-corrected chi connectivity index (χ0v) is 18.7. The number of carbonyl (C=O) groups excluding carboxylic acids is 2. The Balaban J connectivity index is 1.74. The van der Waals surface area contributed by atoms with Gasteiger partial charge in [0.2, 0.25) is 5.91 Å². The van der Waals surface area contributed by atoms with Crippen LogP contribution in [-0.4, -0.2) is 44.3 Å². The van der Waals surface area contributed by atoms with Gasteiger partial charge in [0, 0.05) is 37.5 Å². The van der Waals surface area contributed by atoms with Crippen molar-refractivity contribution in [1.29, 1.82) is 0 Å². The number of aromatic nitrogens is 1. The van der Waals surface area contributed by atoms with Crippen molar-refractivity contribution < 1.29 is 23.8 Å². The number of hydrogen-bond acceptors (Lipinski definition) is 5. The van der Waals surface area contributed by atoms with E-state index in [0.717, 1.165) is 22.9 Å². The number of ether oxygens (including phenoxy) is 3. The first kappa shape index (κ1) is 21.5. The van der Waals surface area contributed by atoms with Crippen molar-refractivity contribution in [3.05, 3.63) is 47.7 Å². The minimum absolute atomic E-state index is 0.0174. The normalized spacial score (nSPS) is 13.5. The maximum absolute atomic E-state index is 13.4. The Bertz CT molecular complexity index is 1180. The summed E-state index contributed by atoms with van der Waals surface area (Å²) in [5, 5.41) is 3.80. The van der Waals surface area contributed by atoms with Gasteiger partial charge in [-0.05, 0) is 42.8 Å². The molecule has 32 heavy (non-hydrogen) atoms. The lowest BCUT2D eigenvalue weighted by molar-refractivity contribution is -0.117. The molecule has 0 spiro atoms. The Labute approximate surface area is 186 Å². The van der Waals surface area contributed by atoms with E-state index in [-0.39, 0.29) is 18.4 Å². The Hall–Kier alpha value is -3.68. The van der Waals surface area contributed by atoms with Gasteiger partial charge in [-0.1, -0.05) is 0 Å². The number of carbonyl (C=O) groups is 2. The smallest absolute Gasteiger partial charge is 0.270 e. The lowest BCUT2D eigenvalue weighted by atomic mass is 10.1. The molecule has 8 heteroatoms. The minimum Gasteiger partial charge on any atom is -0.497 e. The molecule has 0 radical (unpaired) electrons. The topological polar surface area (TPSA) is 82.0 Å². The van der Waals surface area contributed by atoms with Crippen LogP contribution in [-0.2, 0) is 18.4 Å². The Kier molecular flexibility index (Phi) is 5.94. The fourth-order valence-electron chi connectivity index (χ4n) is 4.23. The van der Waals surface area contributed by atoms with Gasteiger partial charge in [0.25, 0.3) is 5.91 Å². The SMILES string of the molecule is COc1ccc(OC)c(CNC(=O)c2c(N3CCCC3=O)c3cc(OC)ccc3n2C)c1. The molecule has 0 atom stereocenters. The predicted molar refractivity (Wildman–Crippen MR) is 122 cm³/mol. The summed E-state index contributed by atoms with van der Waals surface area (Å²) in [6.45, 7) is 0.830. The van der Waals surface area contributed by atoms with Crippen LogP contribution < -0.4 is 24.4 Å². The highest BCUT2D eigenvalue weighted by Crippen LogP contribution is 2.38. The van der Waals surface area contributed by atoms with Crippen LogP contribution in [0.4, 0.5) is 5.69 Å². The lowest BCUT2D eigenvalue weighted by Crippen LogP contribution is -2.30. The Morgan fingerprint density at radius 3 is 2.41 bits per heavy atom. The van der Waals surface area contributed by atoms with Crippen molar-refractivity contribution in [1.82, 2.24) is 9.88 Å². The second-order valence-corrected chi connectivity index (χ2v) is 7.65. The molecule has 1 fully saturated rings. The van der Waals surface area contributed by atoms with E-state index >= 15 is 0 Å². The van der Waals surface area contributed by atoms with Gasteiger partial charge in [0.15, 0.2) is 0 Å². The molecular weight excluding hydrogens is 410 g/mol. The molecule has 0 unspecified atom stereocenters. The van der Waals surface area contributed by atoms with Gasteiger partial charge in [0.05, 0.1) is 32.5 Å². The molecule has 4 rings (SSSR count). The van der Waals surface area contributed by atoms with Gasteiger partial charge in [0.1, 0.15) is 22.9 Å². The van der Waals surface area contributed by atoms with Crippen LogP contribution in [0.1, 0.15) is 28.9 Å². The lowest BCUT2D eigenvalue weighted by Gasteiger charge is -2.18. The van der Waals surface area contributed by atoms with Crippen molar-refractivity contribution in [2.45, 2.75) is 19.4 Å². The molecule has 3 aromatic rings. The third-order valence-electron chi connectivity index (χ3n) is 5.87. The van der Waals surface area contributed by atoms with Crippen molar-refractivity contribution in [2.24, 2.45) is 7.05 Å². The zero-order valence-electron chi connectivity index (χ0n) is 18.7. The van der Waals surface area contributed by atoms with E-state index in [4.69, 9.17) is 14.2 Å². The standard InChI is InChI=1S/C24H27N3O5/c1-26-19-9-7-17(31-3)13-18(19)22(27-11-5-6-21(27)28)23(26)24(29)25-14-15-12-16(30-2)8-10-20(15)32-4/h7-10,12-13H,5-6,11,14H2,1-4H3,(H,25,29). The first-order valence-corrected chi connectivity index (χ1v) is 10.4. The minimum atomic E-state index is -0.276. The van der Waals surface area contributed by atoms with Gasteiger partial charge in [-0.2, -0.15) is 0 Å². The third-order valence-corrected chi connectivity index (χ3v) is 5.87. The van der Waals surface area contributed by atoms with Crippen molar-refractivity contribution in [3.8, 4) is 17.2 Å². The number of aryl methyl sites for hydroxylation is 1. The second kappa shape index (κ2) is 8.82. The largest absolute Gasteiger partial charge is 0.497 e. The summed E-state index contributed by atoms with van der Waals surface area (Å²) in [6.07, 6.45) is 1.24. The van der Waals surface area contributed by atoms with E-state index in [1.54, 1.807) is 38.4 Å². The highest BCUT2D eigenvalue weighted by Gasteiger charge is 2.31. The third kappa shape index (κ3) is 3.72.